The Balaban J connectivity index is 1.74. The van der Waals surface area contributed by atoms with E-state index in [1.807, 2.05) is 0 Å². The van der Waals surface area contributed by atoms with Gasteiger partial charge in [0.25, 0.3) is 0 Å². The van der Waals surface area contributed by atoms with E-state index >= 15 is 0 Å². The fourth-order valence-corrected chi connectivity index (χ4v) is 3.31. The third-order valence-corrected chi connectivity index (χ3v) is 4.51. The van der Waals surface area contributed by atoms with Crippen LogP contribution in [0.2, 0.25) is 0 Å². The Morgan fingerprint density at radius 1 is 1.15 bits per heavy atom. The fraction of sp³-hybridized carbons (Fsp3) is 0.222. The van der Waals surface area contributed by atoms with Gasteiger partial charge in [-0.1, -0.05) is 11.8 Å². The molecule has 0 radical (unpaired) electrons. The maximum atomic E-state index is 12.1. The van der Waals surface area contributed by atoms with E-state index in [9.17, 15) is 9.59 Å². The second-order valence-electron chi connectivity index (χ2n) is 5.49. The predicted molar refractivity (Wildman–Crippen MR) is 95.8 cm³/mol. The van der Waals surface area contributed by atoms with Crippen molar-refractivity contribution in [1.29, 1.82) is 0 Å². The zero-order chi connectivity index (χ0) is 18.5. The van der Waals surface area contributed by atoms with Crippen molar-refractivity contribution in [3.05, 3.63) is 53.8 Å². The summed E-state index contributed by atoms with van der Waals surface area (Å²) in [4.78, 5) is 32.8. The van der Waals surface area contributed by atoms with Crippen LogP contribution < -0.4 is 5.32 Å². The van der Waals surface area contributed by atoms with Gasteiger partial charge in [-0.25, -0.2) is 9.97 Å². The monoisotopic (exact) mass is 371 g/mol. The number of rotatable bonds is 7. The molecule has 3 aromatic heterocycles. The molecule has 0 unspecified atom stereocenters. The van der Waals surface area contributed by atoms with E-state index in [2.05, 4.69) is 15.3 Å². The quantitative estimate of drug-likeness (QED) is 0.387. The first-order valence-corrected chi connectivity index (χ1v) is 8.88. The lowest BCUT2D eigenvalue weighted by molar-refractivity contribution is -0.118. The number of amides is 1. The standard InChI is InChI=1S/C18H17N3O4S/c1-11-16(12(2)22)18(21-17(20-11)14-6-4-8-25-14)26-10-15(23)19-9-13-5-3-7-24-13/h3-8H,9-10H2,1-2H3,(H,19,23). The zero-order valence-electron chi connectivity index (χ0n) is 14.3. The van der Waals surface area contributed by atoms with Crippen molar-refractivity contribution in [3.8, 4) is 11.6 Å². The predicted octanol–water partition coefficient (Wildman–Crippen LogP) is 3.25. The van der Waals surface area contributed by atoms with Crippen molar-refractivity contribution >= 4 is 23.5 Å². The molecule has 0 atom stereocenters. The topological polar surface area (TPSA) is 98.2 Å². The van der Waals surface area contributed by atoms with Gasteiger partial charge in [0.15, 0.2) is 17.4 Å². The molecule has 0 aliphatic rings. The summed E-state index contributed by atoms with van der Waals surface area (Å²) in [6.07, 6.45) is 3.08. The lowest BCUT2D eigenvalue weighted by Crippen LogP contribution is -2.24. The number of furan rings is 2. The second-order valence-corrected chi connectivity index (χ2v) is 6.46. The van der Waals surface area contributed by atoms with E-state index in [1.165, 1.54) is 24.9 Å². The molecule has 0 aliphatic carbocycles. The van der Waals surface area contributed by atoms with Gasteiger partial charge in [0.2, 0.25) is 5.91 Å². The molecule has 26 heavy (non-hydrogen) atoms. The van der Waals surface area contributed by atoms with Crippen LogP contribution in [0.4, 0.5) is 0 Å². The summed E-state index contributed by atoms with van der Waals surface area (Å²) in [5.41, 5.74) is 0.974. The van der Waals surface area contributed by atoms with Gasteiger partial charge in [0, 0.05) is 0 Å². The lowest BCUT2D eigenvalue weighted by atomic mass is 10.2. The average Bonchev–Trinajstić information content (AvgIpc) is 3.30. The number of ketones is 1. The Morgan fingerprint density at radius 3 is 2.58 bits per heavy atom. The summed E-state index contributed by atoms with van der Waals surface area (Å²) in [5.74, 6) is 1.35. The number of carbonyl (C=O) groups excluding carboxylic acids is 2. The summed E-state index contributed by atoms with van der Waals surface area (Å²) >= 11 is 1.19. The van der Waals surface area contributed by atoms with Crippen LogP contribution in [0.15, 0.2) is 50.7 Å². The lowest BCUT2D eigenvalue weighted by Gasteiger charge is -2.10. The summed E-state index contributed by atoms with van der Waals surface area (Å²) in [7, 11) is 0. The maximum absolute atomic E-state index is 12.1. The highest BCUT2D eigenvalue weighted by Gasteiger charge is 2.19. The molecule has 0 saturated heterocycles. The van der Waals surface area contributed by atoms with Crippen molar-refractivity contribution in [2.24, 2.45) is 0 Å². The van der Waals surface area contributed by atoms with Crippen LogP contribution in [0.1, 0.15) is 28.7 Å². The molecule has 0 aliphatic heterocycles. The van der Waals surface area contributed by atoms with Gasteiger partial charge in [-0.2, -0.15) is 0 Å². The van der Waals surface area contributed by atoms with E-state index < -0.39 is 0 Å². The van der Waals surface area contributed by atoms with Crippen LogP contribution in [0.25, 0.3) is 11.6 Å². The Labute approximate surface area is 154 Å². The minimum Gasteiger partial charge on any atom is -0.467 e. The summed E-state index contributed by atoms with van der Waals surface area (Å²) in [6.45, 7) is 3.51. The maximum Gasteiger partial charge on any atom is 0.230 e. The van der Waals surface area contributed by atoms with Crippen LogP contribution in [0.5, 0.6) is 0 Å². The molecule has 1 amide bonds. The number of nitrogens with zero attached hydrogens (tertiary/aromatic N) is 2. The first-order chi connectivity index (χ1) is 12.5. The number of aromatic nitrogens is 2. The summed E-state index contributed by atoms with van der Waals surface area (Å²) < 4.78 is 10.5. The summed E-state index contributed by atoms with van der Waals surface area (Å²) in [5, 5.41) is 3.22. The van der Waals surface area contributed by atoms with Crippen LogP contribution >= 0.6 is 11.8 Å². The van der Waals surface area contributed by atoms with Crippen LogP contribution in [0, 0.1) is 6.92 Å². The first-order valence-electron chi connectivity index (χ1n) is 7.90. The third-order valence-electron chi connectivity index (χ3n) is 3.53. The molecule has 3 rings (SSSR count). The van der Waals surface area contributed by atoms with Crippen molar-refractivity contribution in [3.63, 3.8) is 0 Å². The van der Waals surface area contributed by atoms with Gasteiger partial charge >= 0.3 is 0 Å². The minimum absolute atomic E-state index is 0.120. The first kappa shape index (κ1) is 17.9. The van der Waals surface area contributed by atoms with Crippen molar-refractivity contribution in [2.45, 2.75) is 25.4 Å². The van der Waals surface area contributed by atoms with E-state index in [0.29, 0.717) is 40.2 Å². The van der Waals surface area contributed by atoms with Gasteiger partial charge in [-0.15, -0.1) is 0 Å². The molecule has 0 spiro atoms. The van der Waals surface area contributed by atoms with Crippen molar-refractivity contribution in [2.75, 3.05) is 5.75 Å². The Kier molecular flexibility index (Phi) is 5.52. The number of nitrogens with one attached hydrogen (secondary N) is 1. The van der Waals surface area contributed by atoms with Crippen LogP contribution in [-0.2, 0) is 11.3 Å². The average molecular weight is 371 g/mol. The Hall–Kier alpha value is -2.87. The zero-order valence-corrected chi connectivity index (χ0v) is 15.1. The number of aryl methyl sites for hydroxylation is 1. The number of carbonyl (C=O) groups is 2. The molecule has 0 fully saturated rings. The molecule has 1 N–H and O–H groups in total. The van der Waals surface area contributed by atoms with Gasteiger partial charge in [-0.05, 0) is 38.1 Å². The minimum atomic E-state index is -0.184. The molecule has 0 saturated carbocycles. The fourth-order valence-electron chi connectivity index (χ4n) is 2.36. The number of Topliss-reactive ketones (excluding diaryl/α,β-unsaturated/α-hetero) is 1. The van der Waals surface area contributed by atoms with Crippen LogP contribution in [0.3, 0.4) is 0 Å². The second kappa shape index (κ2) is 8.01. The molecular weight excluding hydrogens is 354 g/mol. The highest BCUT2D eigenvalue weighted by atomic mass is 32.2. The Morgan fingerprint density at radius 2 is 1.92 bits per heavy atom. The van der Waals surface area contributed by atoms with Crippen molar-refractivity contribution < 1.29 is 18.4 Å². The molecule has 134 valence electrons. The normalized spacial score (nSPS) is 10.7. The van der Waals surface area contributed by atoms with Gasteiger partial charge < -0.3 is 14.2 Å². The molecule has 0 bridgehead atoms. The van der Waals surface area contributed by atoms with E-state index in [4.69, 9.17) is 8.83 Å². The molecule has 3 aromatic rings. The molecule has 3 heterocycles. The van der Waals surface area contributed by atoms with Gasteiger partial charge in [0.1, 0.15) is 10.8 Å². The largest absolute Gasteiger partial charge is 0.467 e. The molecule has 0 aromatic carbocycles. The van der Waals surface area contributed by atoms with E-state index in [0.717, 1.165) is 0 Å². The van der Waals surface area contributed by atoms with E-state index in [1.54, 1.807) is 37.5 Å². The SMILES string of the molecule is CC(=O)c1c(C)nc(-c2ccco2)nc1SCC(=O)NCc1ccco1. The van der Waals surface area contributed by atoms with Crippen LogP contribution in [-0.4, -0.2) is 27.4 Å². The highest BCUT2D eigenvalue weighted by Crippen LogP contribution is 2.26. The number of hydrogen-bond acceptors (Lipinski definition) is 7. The number of thioether (sulfide) groups is 1. The third kappa shape index (κ3) is 4.20. The summed E-state index contributed by atoms with van der Waals surface area (Å²) in [6, 6.07) is 7.02. The van der Waals surface area contributed by atoms with Crippen molar-refractivity contribution in [1.82, 2.24) is 15.3 Å². The Bertz CT molecular complexity index is 905. The smallest absolute Gasteiger partial charge is 0.230 e. The molecule has 8 heteroatoms. The van der Waals surface area contributed by atoms with Gasteiger partial charge in [-0.3, -0.25) is 9.59 Å². The molecular formula is C18H17N3O4S. The van der Waals surface area contributed by atoms with Gasteiger partial charge in [0.05, 0.1) is 36.1 Å². The van der Waals surface area contributed by atoms with E-state index in [-0.39, 0.29) is 17.4 Å². The highest BCUT2D eigenvalue weighted by molar-refractivity contribution is 8.00. The molecule has 7 nitrogen and oxygen atoms in total. The number of hydrogen-bond donors (Lipinski definition) is 1.